The van der Waals surface area contributed by atoms with Gasteiger partial charge in [0.05, 0.1) is 5.56 Å². The van der Waals surface area contributed by atoms with E-state index in [1.807, 2.05) is 6.07 Å². The lowest BCUT2D eigenvalue weighted by Crippen LogP contribution is -2.49. The summed E-state index contributed by atoms with van der Waals surface area (Å²) in [4.78, 5) is 0. The van der Waals surface area contributed by atoms with Crippen LogP contribution in [0.2, 0.25) is 0 Å². The van der Waals surface area contributed by atoms with Crippen LogP contribution in [-0.4, -0.2) is 21.1 Å². The van der Waals surface area contributed by atoms with Gasteiger partial charge in [0.15, 0.2) is 0 Å². The van der Waals surface area contributed by atoms with E-state index in [-0.39, 0.29) is 5.75 Å². The van der Waals surface area contributed by atoms with Gasteiger partial charge in [0, 0.05) is 5.75 Å². The van der Waals surface area contributed by atoms with Gasteiger partial charge in [-0.1, -0.05) is 63.2 Å². The van der Waals surface area contributed by atoms with Crippen molar-refractivity contribution in [2.24, 2.45) is 22.7 Å². The zero-order valence-corrected chi connectivity index (χ0v) is 18.6. The molecule has 0 amide bonds. The third-order valence-corrected chi connectivity index (χ3v) is 8.34. The average molecular weight is 413 g/mol. The van der Waals surface area contributed by atoms with E-state index in [2.05, 4.69) is 37.5 Å². The fourth-order valence-corrected chi connectivity index (χ4v) is 6.87. The Morgan fingerprint density at radius 3 is 2.79 bits per heavy atom. The monoisotopic (exact) mass is 412 g/mol. The SMILES string of the molecule is C=C1CC[C@@H]2C(C)(C)CCC[C@]2(C)[C@@H]1CCSc1nnc(-c2ccccc2O)o1. The van der Waals surface area contributed by atoms with Gasteiger partial charge in [0.1, 0.15) is 5.75 Å². The smallest absolute Gasteiger partial charge is 0.276 e. The summed E-state index contributed by atoms with van der Waals surface area (Å²) in [5.74, 6) is 2.81. The predicted octanol–water partition coefficient (Wildman–Crippen LogP) is 6.72. The molecule has 156 valence electrons. The number of benzene rings is 1. The molecular formula is C24H32N2O2S. The maximum absolute atomic E-state index is 9.99. The molecule has 2 aliphatic carbocycles. The van der Waals surface area contributed by atoms with Crippen molar-refractivity contribution in [2.45, 2.75) is 64.5 Å². The first kappa shape index (κ1) is 20.5. The summed E-state index contributed by atoms with van der Waals surface area (Å²) in [7, 11) is 0. The molecule has 2 fully saturated rings. The molecule has 2 aliphatic rings. The lowest BCUT2D eigenvalue weighted by molar-refractivity contribution is -0.0524. The van der Waals surface area contributed by atoms with Gasteiger partial charge in [-0.25, -0.2) is 0 Å². The molecule has 0 radical (unpaired) electrons. The molecule has 2 aromatic rings. The Kier molecular flexibility index (Phi) is 5.54. The molecule has 3 atom stereocenters. The molecule has 29 heavy (non-hydrogen) atoms. The fourth-order valence-electron chi connectivity index (χ4n) is 6.10. The molecule has 4 nitrogen and oxygen atoms in total. The van der Waals surface area contributed by atoms with Gasteiger partial charge in [-0.2, -0.15) is 0 Å². The van der Waals surface area contributed by atoms with Gasteiger partial charge in [0.2, 0.25) is 0 Å². The number of allylic oxidation sites excluding steroid dienone is 1. The van der Waals surface area contributed by atoms with Crippen molar-refractivity contribution in [1.29, 1.82) is 0 Å². The van der Waals surface area contributed by atoms with Gasteiger partial charge in [-0.15, -0.1) is 10.2 Å². The maximum atomic E-state index is 9.99. The second kappa shape index (κ2) is 7.82. The van der Waals surface area contributed by atoms with Crippen molar-refractivity contribution < 1.29 is 9.52 Å². The van der Waals surface area contributed by atoms with Crippen molar-refractivity contribution >= 4 is 11.8 Å². The Balaban J connectivity index is 1.42. The Bertz CT molecular complexity index is 891. The third-order valence-electron chi connectivity index (χ3n) is 7.49. The summed E-state index contributed by atoms with van der Waals surface area (Å²) < 4.78 is 5.79. The summed E-state index contributed by atoms with van der Waals surface area (Å²) in [5.41, 5.74) is 2.79. The summed E-state index contributed by atoms with van der Waals surface area (Å²) in [6.45, 7) is 11.9. The summed E-state index contributed by atoms with van der Waals surface area (Å²) in [5, 5.41) is 18.8. The first-order valence-electron chi connectivity index (χ1n) is 10.7. The summed E-state index contributed by atoms with van der Waals surface area (Å²) >= 11 is 1.61. The molecule has 0 saturated heterocycles. The minimum Gasteiger partial charge on any atom is -0.507 e. The molecule has 0 aliphatic heterocycles. The van der Waals surface area contributed by atoms with E-state index in [0.717, 1.165) is 24.5 Å². The molecule has 1 N–H and O–H groups in total. The van der Waals surface area contributed by atoms with Crippen molar-refractivity contribution in [3.8, 4) is 17.2 Å². The lowest BCUT2D eigenvalue weighted by Gasteiger charge is -2.58. The molecule has 1 heterocycles. The van der Waals surface area contributed by atoms with E-state index < -0.39 is 0 Å². The van der Waals surface area contributed by atoms with E-state index >= 15 is 0 Å². The van der Waals surface area contributed by atoms with Crippen molar-refractivity contribution in [3.63, 3.8) is 0 Å². The van der Waals surface area contributed by atoms with E-state index in [4.69, 9.17) is 4.42 Å². The van der Waals surface area contributed by atoms with Crippen molar-refractivity contribution in [1.82, 2.24) is 10.2 Å². The van der Waals surface area contributed by atoms with Gasteiger partial charge >= 0.3 is 0 Å². The minimum atomic E-state index is 0.157. The number of rotatable bonds is 5. The third kappa shape index (κ3) is 3.86. The Hall–Kier alpha value is -1.75. The van der Waals surface area contributed by atoms with Crippen molar-refractivity contribution in [2.75, 3.05) is 5.75 Å². The van der Waals surface area contributed by atoms with Crippen LogP contribution in [0.1, 0.15) is 59.3 Å². The van der Waals surface area contributed by atoms with Crippen LogP contribution in [0.25, 0.3) is 11.5 Å². The molecule has 0 unspecified atom stereocenters. The Morgan fingerprint density at radius 1 is 1.21 bits per heavy atom. The number of thioether (sulfide) groups is 1. The minimum absolute atomic E-state index is 0.157. The van der Waals surface area contributed by atoms with Crippen LogP contribution in [0, 0.1) is 22.7 Å². The van der Waals surface area contributed by atoms with Gasteiger partial charge in [-0.3, -0.25) is 0 Å². The first-order valence-corrected chi connectivity index (χ1v) is 11.7. The normalized spacial score (nSPS) is 28.9. The maximum Gasteiger partial charge on any atom is 0.276 e. The number of fused-ring (bicyclic) bond motifs is 1. The Morgan fingerprint density at radius 2 is 2.00 bits per heavy atom. The molecule has 5 heteroatoms. The van der Waals surface area contributed by atoms with Crippen LogP contribution in [0.3, 0.4) is 0 Å². The number of para-hydroxylation sites is 1. The van der Waals surface area contributed by atoms with Crippen LogP contribution < -0.4 is 0 Å². The largest absolute Gasteiger partial charge is 0.507 e. The zero-order valence-electron chi connectivity index (χ0n) is 17.8. The first-order chi connectivity index (χ1) is 13.8. The van der Waals surface area contributed by atoms with Gasteiger partial charge in [0.25, 0.3) is 11.1 Å². The second-order valence-electron chi connectivity index (χ2n) is 9.68. The quantitative estimate of drug-likeness (QED) is 0.436. The Labute approximate surface area is 178 Å². The van der Waals surface area contributed by atoms with Crippen LogP contribution in [0.4, 0.5) is 0 Å². The van der Waals surface area contributed by atoms with Gasteiger partial charge in [-0.05, 0) is 66.9 Å². The lowest BCUT2D eigenvalue weighted by atomic mass is 9.47. The molecule has 4 rings (SSSR count). The highest BCUT2D eigenvalue weighted by Crippen LogP contribution is 2.61. The molecule has 1 aromatic carbocycles. The number of aromatic nitrogens is 2. The van der Waals surface area contributed by atoms with Gasteiger partial charge < -0.3 is 9.52 Å². The molecule has 0 bridgehead atoms. The fraction of sp³-hybridized carbons (Fsp3) is 0.583. The highest BCUT2D eigenvalue weighted by molar-refractivity contribution is 7.99. The van der Waals surface area contributed by atoms with E-state index in [1.54, 1.807) is 30.0 Å². The van der Waals surface area contributed by atoms with Crippen LogP contribution >= 0.6 is 11.8 Å². The molecule has 0 spiro atoms. The number of nitrogens with zero attached hydrogens (tertiary/aromatic N) is 2. The molecule has 2 saturated carbocycles. The van der Waals surface area contributed by atoms with Crippen LogP contribution in [0.15, 0.2) is 46.1 Å². The highest BCUT2D eigenvalue weighted by atomic mass is 32.2. The molecular weight excluding hydrogens is 380 g/mol. The van der Waals surface area contributed by atoms with Crippen LogP contribution in [-0.2, 0) is 0 Å². The number of aromatic hydroxyl groups is 1. The summed E-state index contributed by atoms with van der Waals surface area (Å²) in [6.07, 6.45) is 7.54. The predicted molar refractivity (Wildman–Crippen MR) is 118 cm³/mol. The number of hydrogen-bond donors (Lipinski definition) is 1. The summed E-state index contributed by atoms with van der Waals surface area (Å²) in [6, 6.07) is 7.05. The average Bonchev–Trinajstić information content (AvgIpc) is 3.12. The van der Waals surface area contributed by atoms with Crippen molar-refractivity contribution in [3.05, 3.63) is 36.4 Å². The zero-order chi connectivity index (χ0) is 20.6. The van der Waals surface area contributed by atoms with E-state index in [0.29, 0.717) is 33.4 Å². The van der Waals surface area contributed by atoms with Crippen LogP contribution in [0.5, 0.6) is 5.75 Å². The molecule has 1 aromatic heterocycles. The highest BCUT2D eigenvalue weighted by Gasteiger charge is 2.52. The van der Waals surface area contributed by atoms with E-state index in [9.17, 15) is 5.11 Å². The standard InChI is InChI=1S/C24H32N2O2S/c1-16-10-11-20-23(2,3)13-7-14-24(20,4)18(16)12-15-29-22-26-25-21(28-22)17-8-5-6-9-19(17)27/h5-6,8-9,18,20,27H,1,7,10-15H2,2-4H3/t18-,20-,24-/m1/s1. The topological polar surface area (TPSA) is 59.2 Å². The number of phenolic OH excluding ortho intramolecular Hbond substituents is 1. The van der Waals surface area contributed by atoms with E-state index in [1.165, 1.54) is 31.3 Å². The number of phenols is 1. The second-order valence-corrected chi connectivity index (χ2v) is 10.7. The number of hydrogen-bond acceptors (Lipinski definition) is 5.